The molecule has 1 aromatic heterocycles. The van der Waals surface area contributed by atoms with Gasteiger partial charge >= 0.3 is 0 Å². The molecule has 1 fully saturated rings. The van der Waals surface area contributed by atoms with Gasteiger partial charge in [-0.3, -0.25) is 0 Å². The van der Waals surface area contributed by atoms with Crippen LogP contribution in [0.1, 0.15) is 35.5 Å². The Morgan fingerprint density at radius 1 is 0.920 bits per heavy atom. The summed E-state index contributed by atoms with van der Waals surface area (Å²) in [5.41, 5.74) is 4.02. The number of nitrogens with one attached hydrogen (secondary N) is 1. The minimum atomic E-state index is -1.37. The van der Waals surface area contributed by atoms with Gasteiger partial charge in [0.1, 0.15) is 30.5 Å². The molecule has 0 radical (unpaired) electrons. The third kappa shape index (κ3) is 3.78. The Labute approximate surface area is 146 Å². The molecule has 2 heterocycles. The van der Waals surface area contributed by atoms with Crippen molar-refractivity contribution in [3.8, 4) is 0 Å². The summed E-state index contributed by atoms with van der Waals surface area (Å²) in [6.45, 7) is 1.69. The standard InChI is InChI=1S/C19H25NO5/c1-2-11-3-5-12(6-4-11)9-13-7-8-14(20-13)19-18(24)17(23)16(22)15(10-21)25-19/h3-8,15-24H,2,9-10H2,1H3. The summed E-state index contributed by atoms with van der Waals surface area (Å²) in [7, 11) is 0. The van der Waals surface area contributed by atoms with E-state index in [4.69, 9.17) is 4.74 Å². The topological polar surface area (TPSA) is 106 Å². The van der Waals surface area contributed by atoms with E-state index < -0.39 is 37.1 Å². The smallest absolute Gasteiger partial charge is 0.126 e. The Hall–Kier alpha value is -1.70. The number of aliphatic hydroxyl groups excluding tert-OH is 4. The van der Waals surface area contributed by atoms with Crippen molar-refractivity contribution in [3.63, 3.8) is 0 Å². The van der Waals surface area contributed by atoms with Crippen LogP contribution >= 0.6 is 0 Å². The van der Waals surface area contributed by atoms with Gasteiger partial charge in [0.25, 0.3) is 0 Å². The first kappa shape index (κ1) is 18.1. The average molecular weight is 347 g/mol. The minimum Gasteiger partial charge on any atom is -0.394 e. The van der Waals surface area contributed by atoms with Crippen molar-refractivity contribution in [2.45, 2.75) is 50.3 Å². The first-order valence-corrected chi connectivity index (χ1v) is 8.59. The zero-order valence-corrected chi connectivity index (χ0v) is 14.2. The van der Waals surface area contributed by atoms with Crippen molar-refractivity contribution in [1.29, 1.82) is 0 Å². The van der Waals surface area contributed by atoms with Crippen LogP contribution in [-0.2, 0) is 17.6 Å². The predicted octanol–water partition coefficient (Wildman–Crippen LogP) is 0.683. The molecule has 1 saturated heterocycles. The highest BCUT2D eigenvalue weighted by Gasteiger charge is 2.44. The molecule has 2 aromatic rings. The van der Waals surface area contributed by atoms with Gasteiger partial charge in [-0.25, -0.2) is 0 Å². The molecule has 3 rings (SSSR count). The third-order valence-corrected chi connectivity index (χ3v) is 4.79. The van der Waals surface area contributed by atoms with Crippen LogP contribution in [0.2, 0.25) is 0 Å². The van der Waals surface area contributed by atoms with E-state index in [1.165, 1.54) is 11.1 Å². The highest BCUT2D eigenvalue weighted by atomic mass is 16.5. The van der Waals surface area contributed by atoms with Gasteiger partial charge in [-0.2, -0.15) is 0 Å². The molecule has 6 heteroatoms. The first-order chi connectivity index (χ1) is 12.0. The summed E-state index contributed by atoms with van der Waals surface area (Å²) in [5, 5.41) is 39.3. The molecule has 1 aliphatic heterocycles. The maximum absolute atomic E-state index is 10.2. The lowest BCUT2D eigenvalue weighted by Gasteiger charge is -2.39. The van der Waals surface area contributed by atoms with Crippen molar-refractivity contribution in [3.05, 3.63) is 58.9 Å². The zero-order chi connectivity index (χ0) is 18.0. The molecule has 25 heavy (non-hydrogen) atoms. The fraction of sp³-hybridized carbons (Fsp3) is 0.474. The third-order valence-electron chi connectivity index (χ3n) is 4.79. The monoisotopic (exact) mass is 347 g/mol. The van der Waals surface area contributed by atoms with E-state index in [2.05, 4.69) is 36.2 Å². The summed E-state index contributed by atoms with van der Waals surface area (Å²) in [5.74, 6) is 0. The second-order valence-electron chi connectivity index (χ2n) is 6.54. The molecule has 136 valence electrons. The molecule has 0 amide bonds. The number of hydrogen-bond donors (Lipinski definition) is 5. The van der Waals surface area contributed by atoms with Crippen LogP contribution in [0.15, 0.2) is 36.4 Å². The van der Waals surface area contributed by atoms with Crippen LogP contribution in [0, 0.1) is 0 Å². The summed E-state index contributed by atoms with van der Waals surface area (Å²) in [6.07, 6.45) is -4.01. The average Bonchev–Trinajstić information content (AvgIpc) is 3.09. The highest BCUT2D eigenvalue weighted by Crippen LogP contribution is 2.32. The van der Waals surface area contributed by atoms with Crippen molar-refractivity contribution in [1.82, 2.24) is 4.98 Å². The van der Waals surface area contributed by atoms with Gasteiger partial charge in [0, 0.05) is 17.8 Å². The summed E-state index contributed by atoms with van der Waals surface area (Å²) in [4.78, 5) is 3.21. The Morgan fingerprint density at radius 3 is 2.24 bits per heavy atom. The van der Waals surface area contributed by atoms with E-state index in [0.29, 0.717) is 12.1 Å². The van der Waals surface area contributed by atoms with Crippen molar-refractivity contribution < 1.29 is 25.2 Å². The summed E-state index contributed by atoms with van der Waals surface area (Å²) >= 11 is 0. The van der Waals surface area contributed by atoms with Crippen LogP contribution in [0.3, 0.4) is 0 Å². The van der Waals surface area contributed by atoms with E-state index in [0.717, 1.165) is 12.1 Å². The van der Waals surface area contributed by atoms with Gasteiger partial charge in [-0.15, -0.1) is 0 Å². The number of H-pyrrole nitrogens is 1. The number of rotatable bonds is 5. The molecular formula is C19H25NO5. The summed E-state index contributed by atoms with van der Waals surface area (Å²) in [6, 6.07) is 12.1. The van der Waals surface area contributed by atoms with Gasteiger partial charge in [-0.05, 0) is 29.7 Å². The Bertz CT molecular complexity index is 681. The molecule has 5 unspecified atom stereocenters. The Morgan fingerprint density at radius 2 is 1.60 bits per heavy atom. The highest BCUT2D eigenvalue weighted by molar-refractivity contribution is 5.28. The zero-order valence-electron chi connectivity index (χ0n) is 14.2. The van der Waals surface area contributed by atoms with Gasteiger partial charge in [0.05, 0.1) is 6.61 Å². The lowest BCUT2D eigenvalue weighted by atomic mass is 9.94. The lowest BCUT2D eigenvalue weighted by molar-refractivity contribution is -0.232. The predicted molar refractivity (Wildman–Crippen MR) is 92.1 cm³/mol. The van der Waals surface area contributed by atoms with Crippen molar-refractivity contribution in [2.24, 2.45) is 0 Å². The van der Waals surface area contributed by atoms with E-state index in [-0.39, 0.29) is 0 Å². The first-order valence-electron chi connectivity index (χ1n) is 8.59. The van der Waals surface area contributed by atoms with Crippen LogP contribution in [0.25, 0.3) is 0 Å². The van der Waals surface area contributed by atoms with Crippen LogP contribution in [-0.4, -0.2) is 56.4 Å². The molecule has 5 N–H and O–H groups in total. The summed E-state index contributed by atoms with van der Waals surface area (Å²) < 4.78 is 5.57. The molecule has 6 nitrogen and oxygen atoms in total. The SMILES string of the molecule is CCc1ccc(Cc2ccc(C3OC(CO)C(O)C(O)C3O)[nH]2)cc1. The second-order valence-corrected chi connectivity index (χ2v) is 6.54. The van der Waals surface area contributed by atoms with Crippen molar-refractivity contribution >= 4 is 0 Å². The van der Waals surface area contributed by atoms with Crippen LogP contribution in [0.4, 0.5) is 0 Å². The number of aryl methyl sites for hydroxylation is 1. The van der Waals surface area contributed by atoms with E-state index in [1.54, 1.807) is 6.07 Å². The van der Waals surface area contributed by atoms with Gasteiger partial charge in [-0.1, -0.05) is 31.2 Å². The largest absolute Gasteiger partial charge is 0.394 e. The van der Waals surface area contributed by atoms with Crippen LogP contribution in [0.5, 0.6) is 0 Å². The fourth-order valence-electron chi connectivity index (χ4n) is 3.20. The number of ether oxygens (including phenoxy) is 1. The molecule has 0 spiro atoms. The number of aliphatic hydroxyl groups is 4. The van der Waals surface area contributed by atoms with Crippen molar-refractivity contribution in [2.75, 3.05) is 6.61 Å². The quantitative estimate of drug-likeness (QED) is 0.547. The Kier molecular flexibility index (Phi) is 5.56. The normalized spacial score (nSPS) is 29.7. The molecule has 1 aliphatic rings. The molecule has 5 atom stereocenters. The molecule has 0 bridgehead atoms. The number of hydrogen-bond acceptors (Lipinski definition) is 5. The molecule has 1 aromatic carbocycles. The lowest BCUT2D eigenvalue weighted by Crippen LogP contribution is -2.55. The Balaban J connectivity index is 1.73. The fourth-order valence-corrected chi connectivity index (χ4v) is 3.20. The number of aromatic nitrogens is 1. The van der Waals surface area contributed by atoms with E-state index >= 15 is 0 Å². The van der Waals surface area contributed by atoms with Gasteiger partial charge < -0.3 is 30.1 Å². The van der Waals surface area contributed by atoms with E-state index in [9.17, 15) is 20.4 Å². The van der Waals surface area contributed by atoms with Gasteiger partial charge in [0.15, 0.2) is 0 Å². The number of aromatic amines is 1. The van der Waals surface area contributed by atoms with E-state index in [1.807, 2.05) is 6.07 Å². The molecule has 0 aliphatic carbocycles. The van der Waals surface area contributed by atoms with Crippen LogP contribution < -0.4 is 0 Å². The maximum Gasteiger partial charge on any atom is 0.126 e. The maximum atomic E-state index is 10.2. The molecular weight excluding hydrogens is 322 g/mol. The number of benzene rings is 1. The minimum absolute atomic E-state index is 0.432. The second kappa shape index (κ2) is 7.68. The van der Waals surface area contributed by atoms with Gasteiger partial charge in [0.2, 0.25) is 0 Å². The molecule has 0 saturated carbocycles.